The number of aromatic nitrogens is 3. The third kappa shape index (κ3) is 4.34. The van der Waals surface area contributed by atoms with Crippen molar-refractivity contribution in [1.82, 2.24) is 15.0 Å². The average molecular weight is 460 g/mol. The molecule has 1 N–H and O–H groups in total. The molecule has 0 radical (unpaired) electrons. The van der Waals surface area contributed by atoms with Gasteiger partial charge in [0.25, 0.3) is 0 Å². The molecule has 2 aromatic heterocycles. The van der Waals surface area contributed by atoms with E-state index in [1.807, 2.05) is 38.1 Å². The first-order chi connectivity index (χ1) is 16.0. The molecule has 0 spiro atoms. The smallest absolute Gasteiger partial charge is 0.227 e. The minimum Gasteiger partial charge on any atom is -0.436 e. The highest BCUT2D eigenvalue weighted by Crippen LogP contribution is 2.43. The molecule has 3 heterocycles. The largest absolute Gasteiger partial charge is 0.436 e. The van der Waals surface area contributed by atoms with E-state index in [1.165, 1.54) is 12.1 Å². The summed E-state index contributed by atoms with van der Waals surface area (Å²) in [5, 5.41) is 10.6. The van der Waals surface area contributed by atoms with E-state index >= 15 is 0 Å². The van der Waals surface area contributed by atoms with E-state index in [1.54, 1.807) is 30.1 Å². The highest BCUT2D eigenvalue weighted by Gasteiger charge is 2.27. The summed E-state index contributed by atoms with van der Waals surface area (Å²) >= 11 is 1.57. The molecular weight excluding hydrogens is 437 g/mol. The van der Waals surface area contributed by atoms with Gasteiger partial charge in [0, 0.05) is 35.1 Å². The normalized spacial score (nSPS) is 12.1. The summed E-state index contributed by atoms with van der Waals surface area (Å²) in [4.78, 5) is 14.0. The number of halogens is 1. The van der Waals surface area contributed by atoms with E-state index in [9.17, 15) is 9.50 Å². The Hall–Kier alpha value is -3.29. The molecule has 0 saturated carbocycles. The number of ether oxygens (including phenoxy) is 1. The maximum absolute atomic E-state index is 13.3. The molecule has 0 aliphatic carbocycles. The molecule has 2 aromatic carbocycles. The first-order valence-electron chi connectivity index (χ1n) is 10.6. The van der Waals surface area contributed by atoms with Crippen molar-refractivity contribution >= 4 is 11.8 Å². The lowest BCUT2D eigenvalue weighted by molar-refractivity contribution is 0.278. The van der Waals surface area contributed by atoms with Crippen LogP contribution in [0.25, 0.3) is 11.4 Å². The summed E-state index contributed by atoms with van der Waals surface area (Å²) in [6.45, 7) is 3.81. The quantitative estimate of drug-likeness (QED) is 0.266. The van der Waals surface area contributed by atoms with Crippen LogP contribution in [0.2, 0.25) is 0 Å². The summed E-state index contributed by atoms with van der Waals surface area (Å²) in [5.74, 6) is 2.12. The molecular formula is C26H22FN3O2S. The lowest BCUT2D eigenvalue weighted by Gasteiger charge is -2.24. The first kappa shape index (κ1) is 21.6. The molecule has 7 heteroatoms. The van der Waals surface area contributed by atoms with Crippen LogP contribution in [0.5, 0.6) is 11.6 Å². The Kier molecular flexibility index (Phi) is 5.83. The van der Waals surface area contributed by atoms with Crippen molar-refractivity contribution in [2.45, 2.75) is 37.7 Å². The molecule has 33 heavy (non-hydrogen) atoms. The van der Waals surface area contributed by atoms with Gasteiger partial charge in [0.15, 0.2) is 11.6 Å². The Bertz CT molecular complexity index is 1330. The Morgan fingerprint density at radius 1 is 1.00 bits per heavy atom. The predicted octanol–water partition coefficient (Wildman–Crippen LogP) is 5.78. The van der Waals surface area contributed by atoms with E-state index < -0.39 is 0 Å². The number of pyridine rings is 1. The Balaban J connectivity index is 1.58. The van der Waals surface area contributed by atoms with Gasteiger partial charge >= 0.3 is 0 Å². The Labute approximate surface area is 195 Å². The average Bonchev–Trinajstić information content (AvgIpc) is 2.83. The summed E-state index contributed by atoms with van der Waals surface area (Å²) in [5.41, 5.74) is 6.34. The fourth-order valence-corrected chi connectivity index (χ4v) is 4.76. The number of nitrogens with zero attached hydrogens (tertiary/aromatic N) is 3. The van der Waals surface area contributed by atoms with E-state index in [0.29, 0.717) is 29.6 Å². The van der Waals surface area contributed by atoms with Gasteiger partial charge in [-0.25, -0.2) is 9.37 Å². The van der Waals surface area contributed by atoms with Gasteiger partial charge in [-0.15, -0.1) is 11.8 Å². The van der Waals surface area contributed by atoms with Gasteiger partial charge in [-0.3, -0.25) is 4.98 Å². The van der Waals surface area contributed by atoms with Crippen LogP contribution in [0.3, 0.4) is 0 Å². The maximum Gasteiger partial charge on any atom is 0.227 e. The van der Waals surface area contributed by atoms with Crippen molar-refractivity contribution in [2.75, 3.05) is 0 Å². The molecule has 166 valence electrons. The van der Waals surface area contributed by atoms with E-state index in [-0.39, 0.29) is 12.4 Å². The third-order valence-corrected chi connectivity index (χ3v) is 6.75. The van der Waals surface area contributed by atoms with E-state index in [0.717, 1.165) is 44.1 Å². The van der Waals surface area contributed by atoms with Gasteiger partial charge in [-0.1, -0.05) is 42.0 Å². The van der Waals surface area contributed by atoms with Crippen molar-refractivity contribution in [3.63, 3.8) is 0 Å². The highest BCUT2D eigenvalue weighted by molar-refractivity contribution is 7.98. The summed E-state index contributed by atoms with van der Waals surface area (Å²) in [7, 11) is 0. The van der Waals surface area contributed by atoms with Crippen molar-refractivity contribution in [1.29, 1.82) is 0 Å². The van der Waals surface area contributed by atoms with Crippen LogP contribution >= 0.6 is 11.8 Å². The van der Waals surface area contributed by atoms with Gasteiger partial charge < -0.3 is 9.84 Å². The number of aliphatic hydroxyl groups excluding tert-OH is 1. The second-order valence-corrected chi connectivity index (χ2v) is 8.99. The first-order valence-corrected chi connectivity index (χ1v) is 11.6. The zero-order chi connectivity index (χ0) is 22.9. The molecule has 5 rings (SSSR count). The van der Waals surface area contributed by atoms with Crippen LogP contribution in [-0.2, 0) is 18.8 Å². The van der Waals surface area contributed by atoms with E-state index in [4.69, 9.17) is 14.7 Å². The number of fused-ring (bicyclic) bond motifs is 2. The summed E-state index contributed by atoms with van der Waals surface area (Å²) in [6.07, 6.45) is 2.24. The molecule has 0 atom stereocenters. The molecule has 0 saturated heterocycles. The van der Waals surface area contributed by atoms with Crippen molar-refractivity contribution in [3.8, 4) is 23.0 Å². The van der Waals surface area contributed by atoms with E-state index in [2.05, 4.69) is 4.98 Å². The van der Waals surface area contributed by atoms with Crippen LogP contribution in [0, 0.1) is 19.7 Å². The van der Waals surface area contributed by atoms with Gasteiger partial charge in [-0.2, -0.15) is 4.98 Å². The fourth-order valence-electron chi connectivity index (χ4n) is 3.78. The third-order valence-electron chi connectivity index (χ3n) is 5.66. The zero-order valence-corrected chi connectivity index (χ0v) is 19.1. The van der Waals surface area contributed by atoms with Crippen molar-refractivity contribution in [2.24, 2.45) is 0 Å². The lowest BCUT2D eigenvalue weighted by atomic mass is 9.99. The number of aliphatic hydroxyl groups is 1. The number of benzene rings is 2. The van der Waals surface area contributed by atoms with Crippen molar-refractivity contribution < 1.29 is 14.2 Å². The van der Waals surface area contributed by atoms with Gasteiger partial charge in [-0.05, 0) is 31.5 Å². The maximum atomic E-state index is 13.3. The lowest BCUT2D eigenvalue weighted by Crippen LogP contribution is -2.13. The molecule has 0 amide bonds. The van der Waals surface area contributed by atoms with Gasteiger partial charge in [0.05, 0.1) is 17.9 Å². The second kappa shape index (κ2) is 8.92. The molecule has 5 nitrogen and oxygen atoms in total. The Morgan fingerprint density at radius 2 is 1.76 bits per heavy atom. The van der Waals surface area contributed by atoms with Crippen LogP contribution < -0.4 is 4.74 Å². The van der Waals surface area contributed by atoms with Gasteiger partial charge in [0.2, 0.25) is 5.88 Å². The molecule has 0 unspecified atom stereocenters. The predicted molar refractivity (Wildman–Crippen MR) is 126 cm³/mol. The van der Waals surface area contributed by atoms with Crippen LogP contribution in [-0.4, -0.2) is 20.1 Å². The fraction of sp³-hybridized carbons (Fsp3) is 0.192. The number of rotatable bonds is 5. The molecule has 1 aliphatic rings. The minimum atomic E-state index is -0.254. The van der Waals surface area contributed by atoms with Crippen molar-refractivity contribution in [3.05, 3.63) is 94.1 Å². The Morgan fingerprint density at radius 3 is 2.48 bits per heavy atom. The van der Waals surface area contributed by atoms with Crippen LogP contribution in [0.4, 0.5) is 4.39 Å². The van der Waals surface area contributed by atoms with Crippen LogP contribution in [0.15, 0.2) is 59.8 Å². The molecule has 0 bridgehead atoms. The molecule has 4 aromatic rings. The SMILES string of the molecule is Cc1ccc(-c2nc3c(c(SCc4ccc(F)cc4)n2)Cc2c(CO)cnc(C)c2O3)cc1. The standard InChI is InChI=1S/C26H22FN3O2S/c1-15-3-7-18(8-4-15)24-29-25-22(11-21-19(13-31)12-28-16(2)23(21)32-25)26(30-24)33-14-17-5-9-20(27)10-6-17/h3-10,12,31H,11,13-14H2,1-2H3. The summed E-state index contributed by atoms with van der Waals surface area (Å²) < 4.78 is 19.6. The minimum absolute atomic E-state index is 0.116. The van der Waals surface area contributed by atoms with Gasteiger partial charge in [0.1, 0.15) is 10.8 Å². The molecule has 0 fully saturated rings. The number of aryl methyl sites for hydroxylation is 2. The zero-order valence-electron chi connectivity index (χ0n) is 18.3. The number of hydrogen-bond acceptors (Lipinski definition) is 6. The number of thioether (sulfide) groups is 1. The van der Waals surface area contributed by atoms with Crippen LogP contribution in [0.1, 0.15) is 33.5 Å². The monoisotopic (exact) mass is 459 g/mol. The summed E-state index contributed by atoms with van der Waals surface area (Å²) in [6, 6.07) is 14.5. The topological polar surface area (TPSA) is 68.1 Å². The highest BCUT2D eigenvalue weighted by atomic mass is 32.2. The molecule has 1 aliphatic heterocycles. The second-order valence-electron chi connectivity index (χ2n) is 8.03. The number of hydrogen-bond donors (Lipinski definition) is 1.